The number of nitrogens with zero attached hydrogens (tertiary/aromatic N) is 4. The van der Waals surface area contributed by atoms with Crippen LogP contribution in [0.15, 0.2) is 24.4 Å². The molecule has 124 valence electrons. The fraction of sp³-hybridized carbons (Fsp3) is 0.267. The Labute approximate surface area is 137 Å². The summed E-state index contributed by atoms with van der Waals surface area (Å²) in [5.74, 6) is 0.0915. The number of carbonyl (C=O) groups is 1. The van der Waals surface area contributed by atoms with Crippen LogP contribution in [0.4, 0.5) is 23.1 Å². The fourth-order valence-electron chi connectivity index (χ4n) is 2.76. The van der Waals surface area contributed by atoms with Gasteiger partial charge in [-0.25, -0.2) is 4.98 Å². The highest BCUT2D eigenvalue weighted by molar-refractivity contribution is 5.89. The maximum absolute atomic E-state index is 11.3. The highest BCUT2D eigenvalue weighted by Gasteiger charge is 2.23. The maximum atomic E-state index is 11.3. The molecule has 1 amide bonds. The molecule has 0 saturated carbocycles. The highest BCUT2D eigenvalue weighted by Crippen LogP contribution is 2.29. The molecule has 1 aromatic carbocycles. The molecule has 0 radical (unpaired) electrons. The first kappa shape index (κ1) is 15.7. The quantitative estimate of drug-likeness (QED) is 0.645. The number of nitrogen functional groups attached to an aromatic ring is 1. The van der Waals surface area contributed by atoms with E-state index in [-0.39, 0.29) is 17.4 Å². The van der Waals surface area contributed by atoms with Crippen molar-refractivity contribution in [2.24, 2.45) is 0 Å². The molecule has 9 heteroatoms. The summed E-state index contributed by atoms with van der Waals surface area (Å²) in [6.45, 7) is 2.64. The van der Waals surface area contributed by atoms with Crippen molar-refractivity contribution in [2.45, 2.75) is 19.9 Å². The summed E-state index contributed by atoms with van der Waals surface area (Å²) in [5, 5.41) is 13.6. The molecule has 3 N–H and O–H groups in total. The number of rotatable bonds is 3. The third-order valence-corrected chi connectivity index (χ3v) is 3.84. The zero-order valence-electron chi connectivity index (χ0n) is 13.0. The number of hydrogen-bond donors (Lipinski definition) is 2. The number of aromatic nitrogens is 2. The van der Waals surface area contributed by atoms with Crippen LogP contribution in [-0.2, 0) is 17.8 Å². The Morgan fingerprint density at radius 1 is 1.46 bits per heavy atom. The molecule has 24 heavy (non-hydrogen) atoms. The van der Waals surface area contributed by atoms with E-state index < -0.39 is 4.92 Å². The Balaban J connectivity index is 1.87. The normalized spacial score (nSPS) is 13.3. The molecule has 0 unspecified atom stereocenters. The van der Waals surface area contributed by atoms with Crippen molar-refractivity contribution in [3.8, 4) is 0 Å². The Bertz CT molecular complexity index is 823. The van der Waals surface area contributed by atoms with Gasteiger partial charge in [0.1, 0.15) is 6.20 Å². The Hall–Kier alpha value is -3.23. The summed E-state index contributed by atoms with van der Waals surface area (Å²) in [6.07, 6.45) is 1.83. The number of nitrogens with one attached hydrogen (secondary N) is 1. The molecule has 0 spiro atoms. The van der Waals surface area contributed by atoms with E-state index in [0.717, 1.165) is 23.0 Å². The van der Waals surface area contributed by atoms with Gasteiger partial charge < -0.3 is 16.0 Å². The zero-order chi connectivity index (χ0) is 17.3. The number of nitrogens with two attached hydrogens (primary N) is 1. The van der Waals surface area contributed by atoms with Crippen molar-refractivity contribution < 1.29 is 9.72 Å². The maximum Gasteiger partial charge on any atom is 0.329 e. The number of fused-ring (bicyclic) bond motifs is 1. The van der Waals surface area contributed by atoms with Crippen LogP contribution in [0.3, 0.4) is 0 Å². The minimum Gasteiger partial charge on any atom is -0.378 e. The van der Waals surface area contributed by atoms with Crippen LogP contribution in [0.1, 0.15) is 18.1 Å². The van der Waals surface area contributed by atoms with Crippen LogP contribution in [0.25, 0.3) is 0 Å². The lowest BCUT2D eigenvalue weighted by Gasteiger charge is -2.30. The second-order valence-corrected chi connectivity index (χ2v) is 5.49. The van der Waals surface area contributed by atoms with Crippen LogP contribution in [0, 0.1) is 10.1 Å². The minimum atomic E-state index is -0.607. The van der Waals surface area contributed by atoms with E-state index in [1.807, 2.05) is 23.1 Å². The smallest absolute Gasteiger partial charge is 0.329 e. The third kappa shape index (κ3) is 2.96. The van der Waals surface area contributed by atoms with E-state index in [1.54, 1.807) is 0 Å². The average Bonchev–Trinajstić information content (AvgIpc) is 2.53. The van der Waals surface area contributed by atoms with E-state index >= 15 is 0 Å². The molecule has 0 bridgehead atoms. The molecule has 0 atom stereocenters. The third-order valence-electron chi connectivity index (χ3n) is 3.84. The fourth-order valence-corrected chi connectivity index (χ4v) is 2.76. The van der Waals surface area contributed by atoms with E-state index in [4.69, 9.17) is 5.73 Å². The molecule has 1 aliphatic heterocycles. The Morgan fingerprint density at radius 3 is 2.92 bits per heavy atom. The van der Waals surface area contributed by atoms with Crippen molar-refractivity contribution >= 4 is 29.0 Å². The second kappa shape index (κ2) is 6.11. The Kier molecular flexibility index (Phi) is 3.98. The minimum absolute atomic E-state index is 0.114. The lowest BCUT2D eigenvalue weighted by molar-refractivity contribution is -0.384. The average molecular weight is 328 g/mol. The summed E-state index contributed by atoms with van der Waals surface area (Å²) in [6, 6.07) is 5.72. The SMILES string of the molecule is CC(=O)Nc1cccc2c1CCN(c1ncc([N+](=O)[O-])c(N)n1)C2. The molecule has 1 aromatic heterocycles. The topological polar surface area (TPSA) is 127 Å². The molecule has 1 aliphatic rings. The Morgan fingerprint density at radius 2 is 2.25 bits per heavy atom. The van der Waals surface area contributed by atoms with Crippen molar-refractivity contribution in [1.82, 2.24) is 9.97 Å². The van der Waals surface area contributed by atoms with Crippen LogP contribution in [-0.4, -0.2) is 27.3 Å². The van der Waals surface area contributed by atoms with Gasteiger partial charge in [0.2, 0.25) is 17.7 Å². The second-order valence-electron chi connectivity index (χ2n) is 5.49. The molecule has 3 rings (SSSR count). The predicted molar refractivity (Wildman–Crippen MR) is 88.6 cm³/mol. The predicted octanol–water partition coefficient (Wildman–Crippen LogP) is 1.49. The lowest BCUT2D eigenvalue weighted by Crippen LogP contribution is -2.32. The molecule has 0 aliphatic carbocycles. The summed E-state index contributed by atoms with van der Waals surface area (Å²) < 4.78 is 0. The molecule has 0 saturated heterocycles. The van der Waals surface area contributed by atoms with E-state index in [0.29, 0.717) is 25.5 Å². The van der Waals surface area contributed by atoms with Crippen LogP contribution in [0.2, 0.25) is 0 Å². The number of benzene rings is 1. The number of nitro groups is 1. The first-order valence-corrected chi connectivity index (χ1v) is 7.36. The standard InChI is InChI=1S/C15H16N6O3/c1-9(22)18-12-4-2-3-10-8-20(6-5-11(10)12)15-17-7-13(21(23)24)14(16)19-15/h2-4,7H,5-6,8H2,1H3,(H,18,22)(H2,16,17,19). The molecular weight excluding hydrogens is 312 g/mol. The van der Waals surface area contributed by atoms with Gasteiger partial charge in [-0.2, -0.15) is 4.98 Å². The zero-order valence-corrected chi connectivity index (χ0v) is 13.0. The highest BCUT2D eigenvalue weighted by atomic mass is 16.6. The summed E-state index contributed by atoms with van der Waals surface area (Å²) in [5.41, 5.74) is 8.27. The van der Waals surface area contributed by atoms with Gasteiger partial charge in [0, 0.05) is 25.7 Å². The number of carbonyl (C=O) groups excluding carboxylic acids is 1. The number of hydrogen-bond acceptors (Lipinski definition) is 7. The van der Waals surface area contributed by atoms with Gasteiger partial charge in [-0.05, 0) is 23.6 Å². The number of amides is 1. The van der Waals surface area contributed by atoms with Crippen LogP contribution >= 0.6 is 0 Å². The van der Waals surface area contributed by atoms with Crippen molar-refractivity contribution in [3.05, 3.63) is 45.6 Å². The molecule has 2 heterocycles. The van der Waals surface area contributed by atoms with Gasteiger partial charge in [-0.1, -0.05) is 12.1 Å². The van der Waals surface area contributed by atoms with E-state index in [2.05, 4.69) is 15.3 Å². The van der Waals surface area contributed by atoms with Gasteiger partial charge in [0.15, 0.2) is 0 Å². The summed E-state index contributed by atoms with van der Waals surface area (Å²) >= 11 is 0. The molecule has 2 aromatic rings. The largest absolute Gasteiger partial charge is 0.378 e. The van der Waals surface area contributed by atoms with Crippen molar-refractivity contribution in [1.29, 1.82) is 0 Å². The molecule has 0 fully saturated rings. The van der Waals surface area contributed by atoms with Gasteiger partial charge >= 0.3 is 5.69 Å². The summed E-state index contributed by atoms with van der Waals surface area (Å²) in [4.78, 5) is 31.5. The lowest BCUT2D eigenvalue weighted by atomic mass is 9.98. The first-order valence-electron chi connectivity index (χ1n) is 7.36. The first-order chi connectivity index (χ1) is 11.5. The monoisotopic (exact) mass is 328 g/mol. The van der Waals surface area contributed by atoms with Crippen molar-refractivity contribution in [2.75, 3.05) is 22.5 Å². The van der Waals surface area contributed by atoms with Gasteiger partial charge in [-0.15, -0.1) is 0 Å². The van der Waals surface area contributed by atoms with Gasteiger partial charge in [0.05, 0.1) is 4.92 Å². The van der Waals surface area contributed by atoms with Crippen molar-refractivity contribution in [3.63, 3.8) is 0 Å². The molecule has 9 nitrogen and oxygen atoms in total. The van der Waals surface area contributed by atoms with Gasteiger partial charge in [0.25, 0.3) is 0 Å². The van der Waals surface area contributed by atoms with E-state index in [9.17, 15) is 14.9 Å². The number of anilines is 3. The van der Waals surface area contributed by atoms with Gasteiger partial charge in [-0.3, -0.25) is 14.9 Å². The molecular formula is C15H16N6O3. The summed E-state index contributed by atoms with van der Waals surface area (Å²) in [7, 11) is 0. The van der Waals surface area contributed by atoms with E-state index in [1.165, 1.54) is 6.92 Å². The van der Waals surface area contributed by atoms with Crippen LogP contribution < -0.4 is 16.0 Å². The van der Waals surface area contributed by atoms with Crippen LogP contribution in [0.5, 0.6) is 0 Å².